The molecule has 0 radical (unpaired) electrons. The molecule has 2 aromatic rings. The lowest BCUT2D eigenvalue weighted by atomic mass is 9.95. The number of nitrogens with zero attached hydrogens (tertiary/aromatic N) is 2. The first kappa shape index (κ1) is 16.7. The van der Waals surface area contributed by atoms with E-state index in [4.69, 9.17) is 13.7 Å². The second kappa shape index (κ2) is 7.19. The van der Waals surface area contributed by atoms with E-state index >= 15 is 0 Å². The van der Waals surface area contributed by atoms with Crippen LogP contribution in [0.2, 0.25) is 0 Å². The molecule has 1 atom stereocenters. The molecule has 7 nitrogen and oxygen atoms in total. The van der Waals surface area contributed by atoms with E-state index in [1.54, 1.807) is 24.5 Å². The summed E-state index contributed by atoms with van der Waals surface area (Å²) < 4.78 is 15.8. The summed E-state index contributed by atoms with van der Waals surface area (Å²) >= 11 is 0. The number of amides is 1. The third-order valence-corrected chi connectivity index (χ3v) is 4.67. The molecule has 1 aliphatic rings. The molecule has 24 heavy (non-hydrogen) atoms. The lowest BCUT2D eigenvalue weighted by Crippen LogP contribution is -2.56. The van der Waals surface area contributed by atoms with Crippen LogP contribution in [0.25, 0.3) is 11.5 Å². The molecule has 0 bridgehead atoms. The zero-order valence-corrected chi connectivity index (χ0v) is 14.1. The molecular formula is C17H23N3O4. The predicted octanol–water partition coefficient (Wildman–Crippen LogP) is 2.17. The van der Waals surface area contributed by atoms with Gasteiger partial charge in [-0.2, -0.15) is 0 Å². The van der Waals surface area contributed by atoms with Crippen molar-refractivity contribution in [3.8, 4) is 11.5 Å². The highest BCUT2D eigenvalue weighted by atomic mass is 16.5. The first-order chi connectivity index (χ1) is 11.6. The van der Waals surface area contributed by atoms with Gasteiger partial charge >= 0.3 is 0 Å². The summed E-state index contributed by atoms with van der Waals surface area (Å²) in [4.78, 5) is 14.7. The van der Waals surface area contributed by atoms with Gasteiger partial charge < -0.3 is 19.0 Å². The SMILES string of the molecule is CC[C@@](C)(CNC(=O)c1cc(-c2ccco2)on1)N1CCOCC1. The predicted molar refractivity (Wildman–Crippen MR) is 87.6 cm³/mol. The topological polar surface area (TPSA) is 80.7 Å². The molecule has 2 aromatic heterocycles. The number of carbonyl (C=O) groups is 1. The van der Waals surface area contributed by atoms with Crippen molar-refractivity contribution in [3.63, 3.8) is 0 Å². The van der Waals surface area contributed by atoms with Crippen LogP contribution in [0.1, 0.15) is 30.8 Å². The van der Waals surface area contributed by atoms with Gasteiger partial charge in [0.15, 0.2) is 11.5 Å². The van der Waals surface area contributed by atoms with Crippen LogP contribution in [0.4, 0.5) is 0 Å². The van der Waals surface area contributed by atoms with E-state index in [1.807, 2.05) is 0 Å². The van der Waals surface area contributed by atoms with Crippen LogP contribution in [0, 0.1) is 0 Å². The fraction of sp³-hybridized carbons (Fsp3) is 0.529. The lowest BCUT2D eigenvalue weighted by molar-refractivity contribution is -0.0169. The van der Waals surface area contributed by atoms with E-state index in [0.29, 0.717) is 18.1 Å². The van der Waals surface area contributed by atoms with Crippen molar-refractivity contribution in [1.82, 2.24) is 15.4 Å². The molecule has 1 saturated heterocycles. The molecule has 3 heterocycles. The van der Waals surface area contributed by atoms with Crippen molar-refractivity contribution in [2.24, 2.45) is 0 Å². The fourth-order valence-corrected chi connectivity index (χ4v) is 2.84. The lowest BCUT2D eigenvalue weighted by Gasteiger charge is -2.42. The van der Waals surface area contributed by atoms with Gasteiger partial charge in [-0.15, -0.1) is 0 Å². The maximum atomic E-state index is 12.4. The molecular weight excluding hydrogens is 310 g/mol. The van der Waals surface area contributed by atoms with E-state index in [-0.39, 0.29) is 17.1 Å². The molecule has 0 spiro atoms. The maximum Gasteiger partial charge on any atom is 0.273 e. The average Bonchev–Trinajstić information content (AvgIpc) is 3.31. The highest BCUT2D eigenvalue weighted by molar-refractivity contribution is 5.92. The van der Waals surface area contributed by atoms with Crippen molar-refractivity contribution in [2.75, 3.05) is 32.8 Å². The zero-order valence-electron chi connectivity index (χ0n) is 14.1. The summed E-state index contributed by atoms with van der Waals surface area (Å²) in [6.07, 6.45) is 2.48. The summed E-state index contributed by atoms with van der Waals surface area (Å²) in [5.74, 6) is 0.745. The van der Waals surface area contributed by atoms with Crippen LogP contribution in [0.5, 0.6) is 0 Å². The molecule has 1 aliphatic heterocycles. The standard InChI is InChI=1S/C17H23N3O4/c1-3-17(2,20-6-9-22-10-7-20)12-18-16(21)13-11-15(24-19-13)14-5-4-8-23-14/h4-5,8,11H,3,6-7,9-10,12H2,1-2H3,(H,18,21)/t17-/m0/s1. The van der Waals surface area contributed by atoms with Gasteiger partial charge in [0.2, 0.25) is 5.76 Å². The van der Waals surface area contributed by atoms with Gasteiger partial charge in [0.25, 0.3) is 5.91 Å². The number of nitrogens with one attached hydrogen (secondary N) is 1. The number of carbonyl (C=O) groups excluding carboxylic acids is 1. The van der Waals surface area contributed by atoms with E-state index in [0.717, 1.165) is 32.7 Å². The Labute approximate surface area is 140 Å². The van der Waals surface area contributed by atoms with Gasteiger partial charge in [0, 0.05) is 31.2 Å². The molecule has 130 valence electrons. The summed E-state index contributed by atoms with van der Waals surface area (Å²) in [7, 11) is 0. The third kappa shape index (κ3) is 3.52. The largest absolute Gasteiger partial charge is 0.461 e. The van der Waals surface area contributed by atoms with Crippen LogP contribution in [0.3, 0.4) is 0 Å². The summed E-state index contributed by atoms with van der Waals surface area (Å²) in [6, 6.07) is 5.10. The number of hydrogen-bond acceptors (Lipinski definition) is 6. The molecule has 3 rings (SSSR count). The zero-order chi connectivity index (χ0) is 17.0. The quantitative estimate of drug-likeness (QED) is 0.872. The van der Waals surface area contributed by atoms with Gasteiger partial charge in [-0.3, -0.25) is 9.69 Å². The number of rotatable bonds is 6. The summed E-state index contributed by atoms with van der Waals surface area (Å²) in [5, 5.41) is 6.80. The van der Waals surface area contributed by atoms with E-state index in [9.17, 15) is 4.79 Å². The number of morpholine rings is 1. The average molecular weight is 333 g/mol. The highest BCUT2D eigenvalue weighted by Gasteiger charge is 2.32. The summed E-state index contributed by atoms with van der Waals surface area (Å²) in [5.41, 5.74) is 0.148. The van der Waals surface area contributed by atoms with E-state index in [1.165, 1.54) is 0 Å². The van der Waals surface area contributed by atoms with Crippen molar-refractivity contribution in [3.05, 3.63) is 30.2 Å². The molecule has 7 heteroatoms. The van der Waals surface area contributed by atoms with Crippen molar-refractivity contribution in [1.29, 1.82) is 0 Å². The van der Waals surface area contributed by atoms with E-state index in [2.05, 4.69) is 29.2 Å². The van der Waals surface area contributed by atoms with Crippen LogP contribution < -0.4 is 5.32 Å². The molecule has 0 unspecified atom stereocenters. The Balaban J connectivity index is 1.61. The Hall–Kier alpha value is -2.12. The smallest absolute Gasteiger partial charge is 0.273 e. The highest BCUT2D eigenvalue weighted by Crippen LogP contribution is 2.22. The molecule has 0 saturated carbocycles. The first-order valence-electron chi connectivity index (χ1n) is 8.24. The van der Waals surface area contributed by atoms with Gasteiger partial charge in [-0.1, -0.05) is 12.1 Å². The Morgan fingerprint density at radius 2 is 2.17 bits per heavy atom. The molecule has 0 aliphatic carbocycles. The minimum Gasteiger partial charge on any atom is -0.461 e. The number of hydrogen-bond donors (Lipinski definition) is 1. The minimum absolute atomic E-state index is 0.104. The van der Waals surface area contributed by atoms with Crippen molar-refractivity contribution >= 4 is 5.91 Å². The molecule has 0 aromatic carbocycles. The van der Waals surface area contributed by atoms with Gasteiger partial charge in [-0.25, -0.2) is 0 Å². The normalized spacial score (nSPS) is 18.2. The molecule has 1 N–H and O–H groups in total. The fourth-order valence-electron chi connectivity index (χ4n) is 2.84. The number of ether oxygens (including phenoxy) is 1. The van der Waals surface area contributed by atoms with Crippen LogP contribution >= 0.6 is 0 Å². The molecule has 1 fully saturated rings. The molecule has 1 amide bonds. The van der Waals surface area contributed by atoms with Crippen molar-refractivity contribution in [2.45, 2.75) is 25.8 Å². The first-order valence-corrected chi connectivity index (χ1v) is 8.24. The maximum absolute atomic E-state index is 12.4. The second-order valence-corrected chi connectivity index (χ2v) is 6.19. The Morgan fingerprint density at radius 3 is 2.83 bits per heavy atom. The Kier molecular flexibility index (Phi) is 5.01. The van der Waals surface area contributed by atoms with Crippen molar-refractivity contribution < 1.29 is 18.5 Å². The van der Waals surface area contributed by atoms with Crippen LogP contribution in [-0.4, -0.2) is 54.4 Å². The third-order valence-electron chi connectivity index (χ3n) is 4.67. The number of aromatic nitrogens is 1. The van der Waals surface area contributed by atoms with Crippen LogP contribution in [0.15, 0.2) is 33.4 Å². The summed E-state index contributed by atoms with van der Waals surface area (Å²) in [6.45, 7) is 8.08. The Morgan fingerprint density at radius 1 is 1.38 bits per heavy atom. The Bertz CT molecular complexity index is 661. The van der Waals surface area contributed by atoms with E-state index < -0.39 is 0 Å². The van der Waals surface area contributed by atoms with Gasteiger partial charge in [-0.05, 0) is 25.5 Å². The second-order valence-electron chi connectivity index (χ2n) is 6.19. The minimum atomic E-state index is -0.246. The van der Waals surface area contributed by atoms with Crippen LogP contribution in [-0.2, 0) is 4.74 Å². The van der Waals surface area contributed by atoms with Gasteiger partial charge in [0.1, 0.15) is 0 Å². The van der Waals surface area contributed by atoms with Gasteiger partial charge in [0.05, 0.1) is 19.5 Å². The number of furan rings is 1. The monoisotopic (exact) mass is 333 g/mol.